The highest BCUT2D eigenvalue weighted by atomic mass is 16.6. The topological polar surface area (TPSA) is 56.3 Å². The molecule has 2 aromatic heterocycles. The Hall–Kier alpha value is -1.58. The van der Waals surface area contributed by atoms with E-state index in [2.05, 4.69) is 0 Å². The van der Waals surface area contributed by atoms with Gasteiger partial charge in [0, 0.05) is 0 Å². The van der Waals surface area contributed by atoms with Crippen molar-refractivity contribution < 1.29 is 9.34 Å². The highest BCUT2D eigenvalue weighted by Gasteiger charge is 2.15. The van der Waals surface area contributed by atoms with Crippen molar-refractivity contribution in [3.8, 4) is 0 Å². The van der Waals surface area contributed by atoms with E-state index in [-0.39, 0.29) is 5.69 Å². The molecule has 0 spiro atoms. The van der Waals surface area contributed by atoms with Crippen LogP contribution in [-0.4, -0.2) is 4.92 Å². The smallest absolute Gasteiger partial charge is 0.315 e. The predicted octanol–water partition coefficient (Wildman–Crippen LogP) is 1.78. The Morgan fingerprint density at radius 3 is 2.60 bits per heavy atom. The standard InChI is InChI=1S/C6H3NO3/c8-7(9)5-3-4-1-2-6(5)10-4/h1-3H. The van der Waals surface area contributed by atoms with Crippen LogP contribution < -0.4 is 0 Å². The van der Waals surface area contributed by atoms with E-state index in [0.717, 1.165) is 0 Å². The maximum Gasteiger partial charge on any atom is 0.315 e. The molecule has 50 valence electrons. The second kappa shape index (κ2) is 1.47. The van der Waals surface area contributed by atoms with Gasteiger partial charge in [-0.05, 0) is 12.1 Å². The minimum atomic E-state index is -0.453. The lowest BCUT2D eigenvalue weighted by Gasteiger charge is -1.81. The van der Waals surface area contributed by atoms with Gasteiger partial charge in [0.1, 0.15) is 5.58 Å². The summed E-state index contributed by atoms with van der Waals surface area (Å²) in [5.74, 6) is 0. The summed E-state index contributed by atoms with van der Waals surface area (Å²) in [6.07, 6.45) is 0. The molecule has 0 saturated carbocycles. The van der Waals surface area contributed by atoms with Crippen LogP contribution in [0.3, 0.4) is 0 Å². The Morgan fingerprint density at radius 1 is 1.50 bits per heavy atom. The molecule has 0 radical (unpaired) electrons. The minimum absolute atomic E-state index is 0.0532. The van der Waals surface area contributed by atoms with Crippen molar-refractivity contribution in [2.24, 2.45) is 0 Å². The maximum absolute atomic E-state index is 10.2. The normalized spacial score (nSPS) is 10.8. The number of non-ortho nitro benzene ring substituents is 1. The quantitative estimate of drug-likeness (QED) is 0.444. The maximum atomic E-state index is 10.2. The lowest BCUT2D eigenvalue weighted by atomic mass is 10.3. The first-order chi connectivity index (χ1) is 4.77. The van der Waals surface area contributed by atoms with Crippen molar-refractivity contribution in [1.82, 2.24) is 0 Å². The van der Waals surface area contributed by atoms with Crippen LogP contribution in [0.5, 0.6) is 0 Å². The Kier molecular flexibility index (Phi) is 0.768. The first-order valence-corrected chi connectivity index (χ1v) is 2.74. The van der Waals surface area contributed by atoms with E-state index in [9.17, 15) is 10.1 Å². The Morgan fingerprint density at radius 2 is 2.30 bits per heavy atom. The molecule has 0 unspecified atom stereocenters. The molecule has 0 aliphatic rings. The van der Waals surface area contributed by atoms with E-state index < -0.39 is 4.92 Å². The van der Waals surface area contributed by atoms with Gasteiger partial charge >= 0.3 is 5.69 Å². The van der Waals surface area contributed by atoms with E-state index >= 15 is 0 Å². The molecule has 4 heteroatoms. The van der Waals surface area contributed by atoms with Gasteiger partial charge in [0.15, 0.2) is 0 Å². The average Bonchev–Trinajstić information content (AvgIpc) is 2.44. The van der Waals surface area contributed by atoms with Gasteiger partial charge in [0.25, 0.3) is 0 Å². The van der Waals surface area contributed by atoms with E-state index in [4.69, 9.17) is 4.42 Å². The zero-order valence-electron chi connectivity index (χ0n) is 4.90. The number of nitro groups is 1. The number of fused-ring (bicyclic) bond motifs is 2. The van der Waals surface area contributed by atoms with Gasteiger partial charge in [-0.2, -0.15) is 0 Å². The van der Waals surface area contributed by atoms with Crippen molar-refractivity contribution in [3.05, 3.63) is 28.3 Å². The fourth-order valence-electron chi connectivity index (χ4n) is 0.917. The second-order valence-corrected chi connectivity index (χ2v) is 1.99. The van der Waals surface area contributed by atoms with Crippen LogP contribution in [0.1, 0.15) is 0 Å². The van der Waals surface area contributed by atoms with Crippen LogP contribution in [0.25, 0.3) is 11.2 Å². The molecule has 0 aromatic carbocycles. The van der Waals surface area contributed by atoms with Crippen LogP contribution in [0.15, 0.2) is 22.6 Å². The first-order valence-electron chi connectivity index (χ1n) is 2.74. The molecule has 2 aromatic rings. The van der Waals surface area contributed by atoms with Gasteiger partial charge in [-0.15, -0.1) is 0 Å². The first kappa shape index (κ1) is 5.22. The molecule has 2 rings (SSSR count). The summed E-state index contributed by atoms with van der Waals surface area (Å²) in [6.45, 7) is 0. The van der Waals surface area contributed by atoms with Gasteiger partial charge < -0.3 is 4.42 Å². The fraction of sp³-hybridized carbons (Fsp3) is 0. The summed E-state index contributed by atoms with van der Waals surface area (Å²) in [6, 6.07) is 4.70. The molecule has 0 aliphatic carbocycles. The van der Waals surface area contributed by atoms with Crippen molar-refractivity contribution in [2.75, 3.05) is 0 Å². The highest BCUT2D eigenvalue weighted by molar-refractivity contribution is 5.73. The predicted molar refractivity (Wildman–Crippen MR) is 34.1 cm³/mol. The van der Waals surface area contributed by atoms with Gasteiger partial charge in [0.2, 0.25) is 5.58 Å². The summed E-state index contributed by atoms with van der Waals surface area (Å²) in [7, 11) is 0. The molecule has 10 heavy (non-hydrogen) atoms. The Labute approximate surface area is 55.5 Å². The molecule has 0 amide bonds. The molecule has 4 nitrogen and oxygen atoms in total. The van der Waals surface area contributed by atoms with Crippen molar-refractivity contribution in [2.45, 2.75) is 0 Å². The minimum Gasteiger partial charge on any atom is -0.450 e. The van der Waals surface area contributed by atoms with E-state index in [1.807, 2.05) is 0 Å². The number of benzene rings is 1. The Bertz CT molecular complexity index is 365. The number of hydrogen-bond donors (Lipinski definition) is 0. The number of nitrogens with zero attached hydrogens (tertiary/aromatic N) is 1. The van der Waals surface area contributed by atoms with E-state index in [1.54, 1.807) is 12.1 Å². The zero-order valence-corrected chi connectivity index (χ0v) is 4.90. The lowest BCUT2D eigenvalue weighted by Crippen LogP contribution is -1.84. The summed E-state index contributed by atoms with van der Waals surface area (Å²) in [5.41, 5.74) is 0.958. The second-order valence-electron chi connectivity index (χ2n) is 1.99. The van der Waals surface area contributed by atoms with Gasteiger partial charge in [-0.25, -0.2) is 0 Å². The van der Waals surface area contributed by atoms with Crippen molar-refractivity contribution in [1.29, 1.82) is 0 Å². The third kappa shape index (κ3) is 0.500. The number of nitro benzene ring substituents is 1. The molecule has 0 saturated heterocycles. The van der Waals surface area contributed by atoms with E-state index in [1.165, 1.54) is 6.07 Å². The molecule has 0 atom stereocenters. The number of furan rings is 2. The molecule has 0 aliphatic heterocycles. The molecular formula is C6H3NO3. The van der Waals surface area contributed by atoms with Crippen molar-refractivity contribution >= 4 is 16.9 Å². The molecule has 2 heterocycles. The Balaban J connectivity index is 2.73. The fourth-order valence-corrected chi connectivity index (χ4v) is 0.917. The van der Waals surface area contributed by atoms with E-state index in [0.29, 0.717) is 11.2 Å². The summed E-state index contributed by atoms with van der Waals surface area (Å²) < 4.78 is 4.93. The molecule has 0 fully saturated rings. The van der Waals surface area contributed by atoms with Crippen LogP contribution in [-0.2, 0) is 0 Å². The average molecular weight is 137 g/mol. The van der Waals surface area contributed by atoms with Crippen molar-refractivity contribution in [3.63, 3.8) is 0 Å². The molecular weight excluding hydrogens is 134 g/mol. The summed E-state index contributed by atoms with van der Waals surface area (Å²) in [4.78, 5) is 9.73. The van der Waals surface area contributed by atoms with Gasteiger partial charge in [-0.3, -0.25) is 10.1 Å². The van der Waals surface area contributed by atoms with Gasteiger partial charge in [0.05, 0.1) is 11.0 Å². The SMILES string of the molecule is O=[N+]([O-])c1cc2ccc1o2. The summed E-state index contributed by atoms with van der Waals surface area (Å²) >= 11 is 0. The number of rotatable bonds is 1. The van der Waals surface area contributed by atoms with Gasteiger partial charge in [-0.1, -0.05) is 0 Å². The molecule has 2 bridgehead atoms. The lowest BCUT2D eigenvalue weighted by molar-refractivity contribution is -0.383. The third-order valence-electron chi connectivity index (χ3n) is 1.35. The van der Waals surface area contributed by atoms with Crippen LogP contribution in [0.2, 0.25) is 0 Å². The summed E-state index contributed by atoms with van der Waals surface area (Å²) in [5, 5.41) is 10.2. The molecule has 0 N–H and O–H groups in total. The van der Waals surface area contributed by atoms with Crippen LogP contribution >= 0.6 is 0 Å². The monoisotopic (exact) mass is 137 g/mol. The number of hydrogen-bond acceptors (Lipinski definition) is 3. The third-order valence-corrected chi connectivity index (χ3v) is 1.35. The largest absolute Gasteiger partial charge is 0.450 e. The van der Waals surface area contributed by atoms with Crippen LogP contribution in [0, 0.1) is 10.1 Å². The zero-order chi connectivity index (χ0) is 7.14. The van der Waals surface area contributed by atoms with Crippen LogP contribution in [0.4, 0.5) is 5.69 Å². The highest BCUT2D eigenvalue weighted by Crippen LogP contribution is 2.27.